The van der Waals surface area contributed by atoms with Crippen LogP contribution in [0.3, 0.4) is 0 Å². The van der Waals surface area contributed by atoms with Crippen molar-refractivity contribution in [3.05, 3.63) is 0 Å². The van der Waals surface area contributed by atoms with Crippen molar-refractivity contribution >= 4 is 6.03 Å². The molecule has 2 N–H and O–H groups in total. The second-order valence-electron chi connectivity index (χ2n) is 3.55. The van der Waals surface area contributed by atoms with E-state index in [4.69, 9.17) is 9.47 Å². The van der Waals surface area contributed by atoms with E-state index in [1.54, 1.807) is 4.90 Å². The first kappa shape index (κ1) is 13.2. The van der Waals surface area contributed by atoms with Crippen LogP contribution in [0.1, 0.15) is 0 Å². The molecule has 0 radical (unpaired) electrons. The van der Waals surface area contributed by atoms with Crippen LogP contribution in [0.5, 0.6) is 0 Å². The lowest BCUT2D eigenvalue weighted by Crippen LogP contribution is -2.31. The molecule has 0 aliphatic carbocycles. The second-order valence-corrected chi connectivity index (χ2v) is 3.55. The molecule has 1 fully saturated rings. The van der Waals surface area contributed by atoms with Crippen LogP contribution in [-0.4, -0.2) is 70.6 Å². The average molecular weight is 231 g/mol. The molecule has 1 saturated heterocycles. The molecule has 1 aliphatic rings. The third kappa shape index (κ3) is 5.29. The summed E-state index contributed by atoms with van der Waals surface area (Å²) in [6.45, 7) is 5.49. The standard InChI is InChI=1S/C10H21N3O3/c1-11-3-6-15-8-9-16-7-5-13-4-2-12-10(13)14/h11H,2-9H2,1H3,(H,12,14). The number of carbonyl (C=O) groups is 1. The van der Waals surface area contributed by atoms with Crippen LogP contribution in [0.2, 0.25) is 0 Å². The van der Waals surface area contributed by atoms with Gasteiger partial charge in [-0.3, -0.25) is 0 Å². The minimum absolute atomic E-state index is 0.00821. The molecule has 1 heterocycles. The molecule has 16 heavy (non-hydrogen) atoms. The Hall–Kier alpha value is -0.850. The molecule has 6 nitrogen and oxygen atoms in total. The topological polar surface area (TPSA) is 62.8 Å². The lowest BCUT2D eigenvalue weighted by Gasteiger charge is -2.13. The molecule has 0 aromatic heterocycles. The molecule has 0 unspecified atom stereocenters. The molecular weight excluding hydrogens is 210 g/mol. The largest absolute Gasteiger partial charge is 0.378 e. The predicted octanol–water partition coefficient (Wildman–Crippen LogP) is -0.736. The van der Waals surface area contributed by atoms with E-state index in [1.165, 1.54) is 0 Å². The fourth-order valence-electron chi connectivity index (χ4n) is 1.40. The number of hydrogen-bond donors (Lipinski definition) is 2. The van der Waals surface area contributed by atoms with Gasteiger partial charge in [0.05, 0.1) is 26.4 Å². The van der Waals surface area contributed by atoms with E-state index >= 15 is 0 Å². The van der Waals surface area contributed by atoms with Gasteiger partial charge in [0, 0.05) is 26.2 Å². The van der Waals surface area contributed by atoms with Crippen molar-refractivity contribution in [1.29, 1.82) is 0 Å². The van der Waals surface area contributed by atoms with Gasteiger partial charge in [0.25, 0.3) is 0 Å². The molecule has 6 heteroatoms. The highest BCUT2D eigenvalue weighted by Crippen LogP contribution is 1.95. The summed E-state index contributed by atoms with van der Waals surface area (Å²) in [6, 6.07) is 0.00821. The van der Waals surface area contributed by atoms with Gasteiger partial charge in [-0.15, -0.1) is 0 Å². The highest BCUT2D eigenvalue weighted by Gasteiger charge is 2.18. The van der Waals surface area contributed by atoms with Crippen LogP contribution in [0, 0.1) is 0 Å². The van der Waals surface area contributed by atoms with Crippen molar-refractivity contribution in [2.75, 3.05) is 59.7 Å². The molecule has 94 valence electrons. The number of carbonyl (C=O) groups excluding carboxylic acids is 1. The summed E-state index contributed by atoms with van der Waals surface area (Å²) in [5.74, 6) is 0. The summed E-state index contributed by atoms with van der Waals surface area (Å²) in [6.07, 6.45) is 0. The third-order valence-electron chi connectivity index (χ3n) is 2.32. The average Bonchev–Trinajstić information content (AvgIpc) is 2.68. The van der Waals surface area contributed by atoms with Crippen molar-refractivity contribution in [2.45, 2.75) is 0 Å². The highest BCUT2D eigenvalue weighted by atomic mass is 16.5. The maximum atomic E-state index is 11.1. The zero-order valence-corrected chi connectivity index (χ0v) is 9.83. The Morgan fingerprint density at radius 1 is 1.31 bits per heavy atom. The van der Waals surface area contributed by atoms with E-state index < -0.39 is 0 Å². The number of nitrogens with zero attached hydrogens (tertiary/aromatic N) is 1. The number of likely N-dealkylation sites (N-methyl/N-ethyl adjacent to an activating group) is 1. The predicted molar refractivity (Wildman–Crippen MR) is 60.5 cm³/mol. The minimum atomic E-state index is 0.00821. The monoisotopic (exact) mass is 231 g/mol. The Morgan fingerprint density at radius 2 is 2.06 bits per heavy atom. The maximum absolute atomic E-state index is 11.1. The van der Waals surface area contributed by atoms with E-state index in [0.717, 1.165) is 19.6 Å². The van der Waals surface area contributed by atoms with Gasteiger partial charge in [-0.1, -0.05) is 0 Å². The summed E-state index contributed by atoms with van der Waals surface area (Å²) in [5, 5.41) is 5.74. The van der Waals surface area contributed by atoms with Gasteiger partial charge in [0.15, 0.2) is 0 Å². The molecule has 1 aliphatic heterocycles. The summed E-state index contributed by atoms with van der Waals surface area (Å²) >= 11 is 0. The van der Waals surface area contributed by atoms with Crippen LogP contribution in [0.25, 0.3) is 0 Å². The fourth-order valence-corrected chi connectivity index (χ4v) is 1.40. The number of nitrogens with one attached hydrogen (secondary N) is 2. The Kier molecular flexibility index (Phi) is 6.87. The van der Waals surface area contributed by atoms with Crippen LogP contribution in [0.15, 0.2) is 0 Å². The van der Waals surface area contributed by atoms with E-state index in [1.807, 2.05) is 7.05 Å². The number of hydrogen-bond acceptors (Lipinski definition) is 4. The van der Waals surface area contributed by atoms with Crippen LogP contribution >= 0.6 is 0 Å². The molecule has 0 bridgehead atoms. The quantitative estimate of drug-likeness (QED) is 0.513. The van der Waals surface area contributed by atoms with Crippen molar-refractivity contribution in [2.24, 2.45) is 0 Å². The van der Waals surface area contributed by atoms with Crippen molar-refractivity contribution < 1.29 is 14.3 Å². The summed E-state index contributed by atoms with van der Waals surface area (Å²) in [7, 11) is 1.89. The number of ether oxygens (including phenoxy) is 2. The molecule has 0 aromatic rings. The number of amides is 2. The van der Waals surface area contributed by atoms with E-state index in [9.17, 15) is 4.79 Å². The number of urea groups is 1. The number of rotatable bonds is 9. The van der Waals surface area contributed by atoms with Crippen LogP contribution in [0.4, 0.5) is 4.79 Å². The second kappa shape index (κ2) is 8.32. The van der Waals surface area contributed by atoms with Crippen molar-refractivity contribution in [3.8, 4) is 0 Å². The van der Waals surface area contributed by atoms with Crippen molar-refractivity contribution in [1.82, 2.24) is 15.5 Å². The molecule has 2 amide bonds. The van der Waals surface area contributed by atoms with E-state index in [2.05, 4.69) is 10.6 Å². The van der Waals surface area contributed by atoms with Crippen LogP contribution in [-0.2, 0) is 9.47 Å². The summed E-state index contributed by atoms with van der Waals surface area (Å²) < 4.78 is 10.6. The van der Waals surface area contributed by atoms with E-state index in [0.29, 0.717) is 33.0 Å². The van der Waals surface area contributed by atoms with E-state index in [-0.39, 0.29) is 6.03 Å². The first-order valence-corrected chi connectivity index (χ1v) is 5.67. The van der Waals surface area contributed by atoms with Gasteiger partial charge < -0.3 is 25.0 Å². The minimum Gasteiger partial charge on any atom is -0.378 e. The highest BCUT2D eigenvalue weighted by molar-refractivity contribution is 5.76. The Balaban J connectivity index is 1.83. The van der Waals surface area contributed by atoms with Crippen molar-refractivity contribution in [3.63, 3.8) is 0 Å². The molecule has 1 rings (SSSR count). The van der Waals surface area contributed by atoms with Gasteiger partial charge >= 0.3 is 6.03 Å². The molecule has 0 aromatic carbocycles. The Bertz CT molecular complexity index is 202. The van der Waals surface area contributed by atoms with Gasteiger partial charge in [-0.25, -0.2) is 4.79 Å². The molecule has 0 saturated carbocycles. The van der Waals surface area contributed by atoms with Gasteiger partial charge in [0.2, 0.25) is 0 Å². The molecule has 0 spiro atoms. The van der Waals surface area contributed by atoms with Crippen LogP contribution < -0.4 is 10.6 Å². The zero-order chi connectivity index (χ0) is 11.6. The Morgan fingerprint density at radius 3 is 2.69 bits per heavy atom. The lowest BCUT2D eigenvalue weighted by molar-refractivity contribution is 0.0444. The van der Waals surface area contributed by atoms with Gasteiger partial charge in [-0.2, -0.15) is 0 Å². The molecule has 0 atom stereocenters. The fraction of sp³-hybridized carbons (Fsp3) is 0.900. The first-order valence-electron chi connectivity index (χ1n) is 5.67. The summed E-state index contributed by atoms with van der Waals surface area (Å²) in [4.78, 5) is 12.9. The molecular formula is C10H21N3O3. The lowest BCUT2D eigenvalue weighted by atomic mass is 10.5. The maximum Gasteiger partial charge on any atom is 0.317 e. The SMILES string of the molecule is CNCCOCCOCCN1CCNC1=O. The smallest absolute Gasteiger partial charge is 0.317 e. The Labute approximate surface area is 96.3 Å². The zero-order valence-electron chi connectivity index (χ0n) is 9.83. The normalized spacial score (nSPS) is 15.6. The summed E-state index contributed by atoms with van der Waals surface area (Å²) in [5.41, 5.74) is 0. The third-order valence-corrected chi connectivity index (χ3v) is 2.32. The van der Waals surface area contributed by atoms with Gasteiger partial charge in [0.1, 0.15) is 0 Å². The first-order chi connectivity index (χ1) is 7.84. The van der Waals surface area contributed by atoms with Gasteiger partial charge in [-0.05, 0) is 7.05 Å².